The number of nitrogens with zero attached hydrogens (tertiary/aromatic N) is 2. The van der Waals surface area contributed by atoms with Crippen molar-refractivity contribution >= 4 is 33.8 Å². The maximum atomic E-state index is 12.8. The van der Waals surface area contributed by atoms with E-state index in [1.54, 1.807) is 7.11 Å². The summed E-state index contributed by atoms with van der Waals surface area (Å²) in [5.74, 6) is 1.25. The highest BCUT2D eigenvalue weighted by Gasteiger charge is 2.49. The summed E-state index contributed by atoms with van der Waals surface area (Å²) in [6, 6.07) is 22.9. The van der Waals surface area contributed by atoms with Gasteiger partial charge in [-0.3, -0.25) is 19.6 Å². The fourth-order valence-electron chi connectivity index (χ4n) is 4.08. The molecule has 1 N–H and O–H groups in total. The maximum Gasteiger partial charge on any atom is 0.287 e. The Morgan fingerprint density at radius 1 is 1.00 bits per heavy atom. The molecule has 172 valence electrons. The number of carbonyl (C=O) groups excluding carboxylic acids is 2. The number of benzene rings is 3. The number of aromatic nitrogens is 2. The minimum atomic E-state index is -0.967. The largest absolute Gasteiger partial charge is 0.497 e. The summed E-state index contributed by atoms with van der Waals surface area (Å²) in [7, 11) is 1.65. The molecule has 0 radical (unpaired) electrons. The standard InChI is InChI=1S/C26H23N3O4S/c1-32-22-11-12-23-19(15-22)17-29(28-23)13-14-33-21-9-7-18(8-10-21)16-26(20-5-3-2-4-6-20)24(30)27-25(31)34-26/h2-12,15,17H,13-14,16H2,1H3,(H,27,30,31). The second-order valence-electron chi connectivity index (χ2n) is 8.02. The van der Waals surface area contributed by atoms with Crippen molar-refractivity contribution in [1.82, 2.24) is 15.1 Å². The van der Waals surface area contributed by atoms with Gasteiger partial charge in [-0.2, -0.15) is 5.10 Å². The second-order valence-corrected chi connectivity index (χ2v) is 9.29. The highest BCUT2D eigenvalue weighted by Crippen LogP contribution is 2.44. The van der Waals surface area contributed by atoms with Crippen LogP contribution in [0.1, 0.15) is 11.1 Å². The monoisotopic (exact) mass is 473 g/mol. The van der Waals surface area contributed by atoms with Crippen molar-refractivity contribution in [2.75, 3.05) is 13.7 Å². The van der Waals surface area contributed by atoms with Crippen molar-refractivity contribution in [1.29, 1.82) is 0 Å². The van der Waals surface area contributed by atoms with Crippen LogP contribution in [-0.4, -0.2) is 34.6 Å². The molecule has 2 heterocycles. The van der Waals surface area contributed by atoms with Crippen molar-refractivity contribution in [2.45, 2.75) is 17.7 Å². The van der Waals surface area contributed by atoms with E-state index < -0.39 is 4.75 Å². The first-order chi connectivity index (χ1) is 16.6. The summed E-state index contributed by atoms with van der Waals surface area (Å²) in [5, 5.41) is 7.69. The lowest BCUT2D eigenvalue weighted by Crippen LogP contribution is -2.36. The maximum absolute atomic E-state index is 12.8. The van der Waals surface area contributed by atoms with Crippen LogP contribution in [0.2, 0.25) is 0 Å². The van der Waals surface area contributed by atoms with E-state index in [4.69, 9.17) is 9.47 Å². The number of imide groups is 1. The van der Waals surface area contributed by atoms with E-state index in [0.717, 1.165) is 45.3 Å². The number of amides is 2. The summed E-state index contributed by atoms with van der Waals surface area (Å²) in [6.45, 7) is 1.07. The first kappa shape index (κ1) is 22.0. The molecule has 0 saturated carbocycles. The van der Waals surface area contributed by atoms with Crippen LogP contribution in [0.25, 0.3) is 10.9 Å². The number of hydrogen-bond acceptors (Lipinski definition) is 6. The van der Waals surface area contributed by atoms with Crippen LogP contribution in [0.3, 0.4) is 0 Å². The summed E-state index contributed by atoms with van der Waals surface area (Å²) in [6.07, 6.45) is 2.38. The highest BCUT2D eigenvalue weighted by molar-refractivity contribution is 8.15. The number of hydrogen-bond donors (Lipinski definition) is 1. The lowest BCUT2D eigenvalue weighted by atomic mass is 9.90. The molecule has 34 heavy (non-hydrogen) atoms. The molecule has 0 bridgehead atoms. The third kappa shape index (κ3) is 4.36. The van der Waals surface area contributed by atoms with E-state index in [9.17, 15) is 9.59 Å². The number of nitrogens with one attached hydrogen (secondary N) is 1. The van der Waals surface area contributed by atoms with Gasteiger partial charge in [0.25, 0.3) is 5.24 Å². The summed E-state index contributed by atoms with van der Waals surface area (Å²) >= 11 is 1.04. The minimum absolute atomic E-state index is 0.279. The summed E-state index contributed by atoms with van der Waals surface area (Å²) in [5.41, 5.74) is 2.67. The quantitative estimate of drug-likeness (QED) is 0.404. The Labute approximate surface area is 201 Å². The molecule has 8 heteroatoms. The zero-order chi connectivity index (χ0) is 23.5. The first-order valence-electron chi connectivity index (χ1n) is 10.9. The summed E-state index contributed by atoms with van der Waals surface area (Å²) < 4.78 is 12.1. The van der Waals surface area contributed by atoms with Gasteiger partial charge in [0.1, 0.15) is 22.9 Å². The molecule has 5 rings (SSSR count). The molecule has 1 saturated heterocycles. The van der Waals surface area contributed by atoms with E-state index in [-0.39, 0.29) is 11.1 Å². The Hall–Kier alpha value is -3.78. The molecule has 1 atom stereocenters. The van der Waals surface area contributed by atoms with Crippen LogP contribution in [0.15, 0.2) is 79.0 Å². The molecule has 1 unspecified atom stereocenters. The molecule has 1 aliphatic rings. The van der Waals surface area contributed by atoms with Crippen molar-refractivity contribution in [3.63, 3.8) is 0 Å². The van der Waals surface area contributed by atoms with Gasteiger partial charge < -0.3 is 9.47 Å². The molecule has 7 nitrogen and oxygen atoms in total. The first-order valence-corrected chi connectivity index (χ1v) is 11.7. The van der Waals surface area contributed by atoms with Gasteiger partial charge >= 0.3 is 0 Å². The molecule has 0 spiro atoms. The van der Waals surface area contributed by atoms with Gasteiger partial charge in [-0.25, -0.2) is 0 Å². The third-order valence-electron chi connectivity index (χ3n) is 5.81. The SMILES string of the molecule is COc1ccc2nn(CCOc3ccc(CC4(c5ccccc5)SC(=O)NC4=O)cc3)cc2c1. The van der Waals surface area contributed by atoms with Crippen molar-refractivity contribution in [3.8, 4) is 11.5 Å². The smallest absolute Gasteiger partial charge is 0.287 e. The van der Waals surface area contributed by atoms with Gasteiger partial charge in [0, 0.05) is 18.0 Å². The predicted molar refractivity (Wildman–Crippen MR) is 131 cm³/mol. The summed E-state index contributed by atoms with van der Waals surface area (Å²) in [4.78, 5) is 24.8. The van der Waals surface area contributed by atoms with Gasteiger partial charge in [0.15, 0.2) is 0 Å². The highest BCUT2D eigenvalue weighted by atomic mass is 32.2. The van der Waals surface area contributed by atoms with E-state index in [0.29, 0.717) is 19.6 Å². The molecule has 1 fully saturated rings. The van der Waals surface area contributed by atoms with Gasteiger partial charge in [-0.05, 0) is 53.2 Å². The fraction of sp³-hybridized carbons (Fsp3) is 0.192. The van der Waals surface area contributed by atoms with Crippen LogP contribution in [0.4, 0.5) is 4.79 Å². The lowest BCUT2D eigenvalue weighted by Gasteiger charge is -2.25. The van der Waals surface area contributed by atoms with Crippen LogP contribution >= 0.6 is 11.8 Å². The van der Waals surface area contributed by atoms with E-state index in [2.05, 4.69) is 10.4 Å². The molecule has 3 aromatic carbocycles. The average Bonchev–Trinajstić information content (AvgIpc) is 3.39. The Kier molecular flexibility index (Phi) is 5.98. The molecular weight excluding hydrogens is 450 g/mol. The normalized spacial score (nSPS) is 17.7. The zero-order valence-corrected chi connectivity index (χ0v) is 19.4. The third-order valence-corrected chi connectivity index (χ3v) is 7.02. The number of carbonyl (C=O) groups is 2. The Bertz CT molecular complexity index is 1340. The Morgan fingerprint density at radius 3 is 2.47 bits per heavy atom. The lowest BCUT2D eigenvalue weighted by molar-refractivity contribution is -0.121. The van der Waals surface area contributed by atoms with Crippen LogP contribution in [0.5, 0.6) is 11.5 Å². The van der Waals surface area contributed by atoms with Crippen LogP contribution in [0, 0.1) is 0 Å². The molecular formula is C26H23N3O4S. The minimum Gasteiger partial charge on any atom is -0.497 e. The molecule has 4 aromatic rings. The van der Waals surface area contributed by atoms with Gasteiger partial charge in [0.2, 0.25) is 5.91 Å². The number of methoxy groups -OCH3 is 1. The molecule has 2 amide bonds. The van der Waals surface area contributed by atoms with E-state index in [1.807, 2.05) is 83.7 Å². The topological polar surface area (TPSA) is 82.4 Å². The van der Waals surface area contributed by atoms with Gasteiger partial charge in [0.05, 0.1) is 19.2 Å². The van der Waals surface area contributed by atoms with Crippen molar-refractivity contribution in [2.24, 2.45) is 0 Å². The number of ether oxygens (including phenoxy) is 2. The van der Waals surface area contributed by atoms with Crippen molar-refractivity contribution < 1.29 is 19.1 Å². The van der Waals surface area contributed by atoms with Crippen LogP contribution in [-0.2, 0) is 22.5 Å². The van der Waals surface area contributed by atoms with Gasteiger partial charge in [-0.15, -0.1) is 0 Å². The van der Waals surface area contributed by atoms with E-state index in [1.165, 1.54) is 0 Å². The molecule has 0 aliphatic carbocycles. The number of fused-ring (bicyclic) bond motifs is 1. The fourth-order valence-corrected chi connectivity index (χ4v) is 5.18. The van der Waals surface area contributed by atoms with Crippen LogP contribution < -0.4 is 14.8 Å². The predicted octanol–water partition coefficient (Wildman–Crippen LogP) is 4.54. The molecule has 1 aliphatic heterocycles. The van der Waals surface area contributed by atoms with E-state index >= 15 is 0 Å². The van der Waals surface area contributed by atoms with Gasteiger partial charge in [-0.1, -0.05) is 42.5 Å². The number of rotatable bonds is 8. The Morgan fingerprint density at radius 2 is 1.76 bits per heavy atom. The second kappa shape index (κ2) is 9.23. The average molecular weight is 474 g/mol. The number of thioether (sulfide) groups is 1. The zero-order valence-electron chi connectivity index (χ0n) is 18.6. The van der Waals surface area contributed by atoms with Crippen molar-refractivity contribution in [3.05, 3.63) is 90.1 Å². The Balaban J connectivity index is 1.24. The molecule has 1 aromatic heterocycles.